The predicted octanol–water partition coefficient (Wildman–Crippen LogP) is 7.21. The molecule has 0 aromatic rings. The Kier molecular flexibility index (Phi) is 6.32. The van der Waals surface area contributed by atoms with Crippen molar-refractivity contribution in [3.05, 3.63) is 0 Å². The van der Waals surface area contributed by atoms with Gasteiger partial charge in [-0.1, -0.05) is 34.1 Å². The smallest absolute Gasteiger partial charge is 0.305 e. The van der Waals surface area contributed by atoms with Crippen molar-refractivity contribution < 1.29 is 13.9 Å². The van der Waals surface area contributed by atoms with Gasteiger partial charge in [0.05, 0.1) is 7.11 Å². The highest BCUT2D eigenvalue weighted by atomic mass is 19.1. The van der Waals surface area contributed by atoms with Gasteiger partial charge in [0.2, 0.25) is 0 Å². The summed E-state index contributed by atoms with van der Waals surface area (Å²) in [4.78, 5) is 11.7. The van der Waals surface area contributed by atoms with Crippen LogP contribution < -0.4 is 0 Å². The molecule has 0 aliphatic heterocycles. The Morgan fingerprint density at radius 1 is 1.10 bits per heavy atom. The number of hydrogen-bond donors (Lipinski definition) is 0. The van der Waals surface area contributed by atoms with Crippen LogP contribution in [0, 0.1) is 52.3 Å². The number of rotatable bonds is 5. The zero-order valence-electron chi connectivity index (χ0n) is 20.1. The van der Waals surface area contributed by atoms with E-state index >= 15 is 4.39 Å². The molecule has 10 atom stereocenters. The van der Waals surface area contributed by atoms with E-state index in [4.69, 9.17) is 4.74 Å². The molecule has 0 aromatic heterocycles. The Morgan fingerprint density at radius 3 is 2.53 bits per heavy atom. The minimum absolute atomic E-state index is 0.0691. The third kappa shape index (κ3) is 3.45. The third-order valence-electron chi connectivity index (χ3n) is 11.0. The largest absolute Gasteiger partial charge is 0.469 e. The van der Waals surface area contributed by atoms with Gasteiger partial charge in [-0.25, -0.2) is 4.39 Å². The molecular formula is C27H45FO2. The number of methoxy groups -OCH3 is 1. The number of halogens is 1. The topological polar surface area (TPSA) is 26.3 Å². The summed E-state index contributed by atoms with van der Waals surface area (Å²) in [6, 6.07) is 0. The van der Waals surface area contributed by atoms with Crippen LogP contribution in [-0.4, -0.2) is 19.3 Å². The van der Waals surface area contributed by atoms with Gasteiger partial charge in [-0.2, -0.15) is 0 Å². The van der Waals surface area contributed by atoms with E-state index in [9.17, 15) is 4.79 Å². The molecule has 4 aliphatic carbocycles. The Labute approximate surface area is 184 Å². The minimum Gasteiger partial charge on any atom is -0.469 e. The maximum atomic E-state index is 15.2. The summed E-state index contributed by atoms with van der Waals surface area (Å²) in [5.41, 5.74) is 0.624. The number of fused-ring (bicyclic) bond motifs is 5. The van der Waals surface area contributed by atoms with Gasteiger partial charge in [-0.3, -0.25) is 4.79 Å². The summed E-state index contributed by atoms with van der Waals surface area (Å²) in [5.74, 6) is 4.43. The second-order valence-electron chi connectivity index (χ2n) is 12.0. The Balaban J connectivity index is 1.55. The van der Waals surface area contributed by atoms with E-state index in [2.05, 4.69) is 27.7 Å². The molecule has 4 aliphatic rings. The van der Waals surface area contributed by atoms with Crippen LogP contribution in [0.1, 0.15) is 98.3 Å². The van der Waals surface area contributed by atoms with Crippen LogP contribution >= 0.6 is 0 Å². The van der Waals surface area contributed by atoms with Crippen LogP contribution in [0.5, 0.6) is 0 Å². The average molecular weight is 421 g/mol. The van der Waals surface area contributed by atoms with Gasteiger partial charge >= 0.3 is 5.97 Å². The van der Waals surface area contributed by atoms with E-state index in [-0.39, 0.29) is 11.4 Å². The molecule has 4 rings (SSSR count). The van der Waals surface area contributed by atoms with Crippen molar-refractivity contribution in [3.8, 4) is 0 Å². The summed E-state index contributed by atoms with van der Waals surface area (Å²) in [6.07, 6.45) is 11.8. The summed E-state index contributed by atoms with van der Waals surface area (Å²) in [5, 5.41) is 0. The van der Waals surface area contributed by atoms with Gasteiger partial charge < -0.3 is 4.74 Å². The molecule has 2 nitrogen and oxygen atoms in total. The monoisotopic (exact) mass is 420 g/mol. The van der Waals surface area contributed by atoms with Crippen LogP contribution in [0.3, 0.4) is 0 Å². The highest BCUT2D eigenvalue weighted by Gasteiger charge is 2.63. The number of esters is 1. The molecule has 0 heterocycles. The summed E-state index contributed by atoms with van der Waals surface area (Å²) in [7, 11) is 1.50. The molecule has 0 radical (unpaired) electrons. The van der Waals surface area contributed by atoms with Gasteiger partial charge in [0.1, 0.15) is 6.17 Å². The average Bonchev–Trinajstić information content (AvgIpc) is 3.08. The quantitative estimate of drug-likeness (QED) is 0.439. The van der Waals surface area contributed by atoms with Gasteiger partial charge in [0.15, 0.2) is 0 Å². The lowest BCUT2D eigenvalue weighted by atomic mass is 9.42. The van der Waals surface area contributed by atoms with Crippen molar-refractivity contribution in [2.45, 2.75) is 104 Å². The van der Waals surface area contributed by atoms with E-state index in [1.54, 1.807) is 0 Å². The Bertz CT molecular complexity index is 634. The number of carbonyl (C=O) groups is 1. The first-order chi connectivity index (χ1) is 14.3. The van der Waals surface area contributed by atoms with E-state index in [0.717, 1.165) is 49.4 Å². The first-order valence-electron chi connectivity index (χ1n) is 13.0. The van der Waals surface area contributed by atoms with Crippen LogP contribution in [0.2, 0.25) is 0 Å². The fourth-order valence-electron chi connectivity index (χ4n) is 9.68. The van der Waals surface area contributed by atoms with E-state index in [1.165, 1.54) is 45.6 Å². The lowest BCUT2D eigenvalue weighted by Gasteiger charge is -2.63. The molecule has 172 valence electrons. The highest BCUT2D eigenvalue weighted by molar-refractivity contribution is 5.69. The Morgan fingerprint density at radius 2 is 1.83 bits per heavy atom. The van der Waals surface area contributed by atoms with Gasteiger partial charge in [0.25, 0.3) is 0 Å². The molecule has 4 fully saturated rings. The SMILES string of the molecule is CC[C@H]1CC2C3CCC([C@H](C)CCC(=O)OC)[C@@]3(C)CCC2[C@@]2(C)CCC[C@H](F)[C@@H]12. The van der Waals surface area contributed by atoms with Crippen molar-refractivity contribution in [2.75, 3.05) is 7.11 Å². The predicted molar refractivity (Wildman–Crippen MR) is 120 cm³/mol. The van der Waals surface area contributed by atoms with Crippen LogP contribution in [0.25, 0.3) is 0 Å². The zero-order valence-corrected chi connectivity index (χ0v) is 20.1. The number of ether oxygens (including phenoxy) is 1. The number of hydrogen-bond acceptors (Lipinski definition) is 2. The Hall–Kier alpha value is -0.600. The van der Waals surface area contributed by atoms with E-state index in [1.807, 2.05) is 0 Å². The lowest BCUT2D eigenvalue weighted by molar-refractivity contribution is -0.158. The summed E-state index contributed by atoms with van der Waals surface area (Å²) < 4.78 is 20.1. The fraction of sp³-hybridized carbons (Fsp3) is 0.963. The van der Waals surface area contributed by atoms with E-state index < -0.39 is 6.17 Å². The second kappa shape index (κ2) is 8.39. The van der Waals surface area contributed by atoms with Gasteiger partial charge in [-0.15, -0.1) is 0 Å². The molecule has 4 saturated carbocycles. The molecule has 30 heavy (non-hydrogen) atoms. The van der Waals surface area contributed by atoms with Gasteiger partial charge in [-0.05, 0) is 110 Å². The molecule has 4 unspecified atom stereocenters. The minimum atomic E-state index is -0.572. The second-order valence-corrected chi connectivity index (χ2v) is 12.0. The fourth-order valence-corrected chi connectivity index (χ4v) is 9.68. The molecular weight excluding hydrogens is 375 g/mol. The third-order valence-corrected chi connectivity index (χ3v) is 11.0. The molecule has 0 spiro atoms. The summed E-state index contributed by atoms with van der Waals surface area (Å²) >= 11 is 0. The standard InChI is InChI=1S/C27H45FO2/c1-6-18-16-19-21-11-10-20(17(2)9-12-24(29)30-5)26(21,3)15-13-22(19)27(4)14-7-8-23(28)25(18)27/h17-23,25H,6-16H2,1-5H3/t17-,18+,19?,20?,21?,22?,23+,25-,26-,27-/m1/s1. The maximum Gasteiger partial charge on any atom is 0.305 e. The maximum absolute atomic E-state index is 15.2. The van der Waals surface area contributed by atoms with Crippen molar-refractivity contribution in [1.29, 1.82) is 0 Å². The van der Waals surface area contributed by atoms with Gasteiger partial charge in [0, 0.05) is 6.42 Å². The molecule has 0 amide bonds. The normalized spacial score (nSPS) is 48.9. The molecule has 0 saturated heterocycles. The molecule has 0 bridgehead atoms. The van der Waals surface area contributed by atoms with E-state index in [0.29, 0.717) is 29.6 Å². The van der Waals surface area contributed by atoms with Crippen LogP contribution in [0.4, 0.5) is 4.39 Å². The van der Waals surface area contributed by atoms with Crippen molar-refractivity contribution >= 4 is 5.97 Å². The van der Waals surface area contributed by atoms with Crippen molar-refractivity contribution in [3.63, 3.8) is 0 Å². The summed E-state index contributed by atoms with van der Waals surface area (Å²) in [6.45, 7) is 9.74. The highest BCUT2D eigenvalue weighted by Crippen LogP contribution is 2.69. The molecule has 3 heteroatoms. The van der Waals surface area contributed by atoms with Crippen molar-refractivity contribution in [2.24, 2.45) is 52.3 Å². The number of carbonyl (C=O) groups excluding carboxylic acids is 1. The lowest BCUT2D eigenvalue weighted by Crippen LogP contribution is -2.58. The molecule has 0 N–H and O–H groups in total. The van der Waals surface area contributed by atoms with Crippen LogP contribution in [-0.2, 0) is 9.53 Å². The van der Waals surface area contributed by atoms with Crippen LogP contribution in [0.15, 0.2) is 0 Å². The zero-order chi connectivity index (χ0) is 21.7. The van der Waals surface area contributed by atoms with Crippen molar-refractivity contribution in [1.82, 2.24) is 0 Å². The first-order valence-corrected chi connectivity index (χ1v) is 13.0. The number of alkyl halides is 1. The first kappa shape index (κ1) is 22.6. The molecule has 0 aromatic carbocycles.